The smallest absolute Gasteiger partial charge is 0.277 e. The van der Waals surface area contributed by atoms with Gasteiger partial charge in [-0.1, -0.05) is 71.8 Å². The molecule has 0 aliphatic heterocycles. The van der Waals surface area contributed by atoms with Crippen LogP contribution >= 0.6 is 11.8 Å². The number of ketones is 1. The van der Waals surface area contributed by atoms with Gasteiger partial charge in [-0.15, -0.1) is 10.2 Å². The molecule has 162 valence electrons. The van der Waals surface area contributed by atoms with E-state index >= 15 is 0 Å². The van der Waals surface area contributed by atoms with Gasteiger partial charge in [0.2, 0.25) is 0 Å². The van der Waals surface area contributed by atoms with Crippen LogP contribution in [-0.4, -0.2) is 16.0 Å². The van der Waals surface area contributed by atoms with Crippen molar-refractivity contribution in [1.82, 2.24) is 10.2 Å². The molecule has 0 saturated carbocycles. The molecule has 32 heavy (non-hydrogen) atoms. The van der Waals surface area contributed by atoms with Crippen LogP contribution in [0.4, 0.5) is 0 Å². The van der Waals surface area contributed by atoms with Crippen molar-refractivity contribution in [3.05, 3.63) is 107 Å². The van der Waals surface area contributed by atoms with Gasteiger partial charge in [0.1, 0.15) is 11.0 Å². The molecule has 0 saturated heterocycles. The van der Waals surface area contributed by atoms with Crippen LogP contribution in [0.3, 0.4) is 0 Å². The van der Waals surface area contributed by atoms with Gasteiger partial charge < -0.3 is 9.15 Å². The Kier molecular flexibility index (Phi) is 6.71. The molecule has 1 heterocycles. The van der Waals surface area contributed by atoms with E-state index in [0.717, 1.165) is 28.0 Å². The minimum Gasteiger partial charge on any atom is -0.484 e. The lowest BCUT2D eigenvalue weighted by molar-refractivity contribution is 0.0989. The molecule has 1 unspecified atom stereocenters. The number of benzene rings is 3. The maximum absolute atomic E-state index is 13.4. The Morgan fingerprint density at radius 2 is 1.59 bits per heavy atom. The van der Waals surface area contributed by atoms with Gasteiger partial charge in [0.05, 0.1) is 0 Å². The Bertz CT molecular complexity index is 1200. The largest absolute Gasteiger partial charge is 0.484 e. The zero-order chi connectivity index (χ0) is 22.5. The molecule has 4 aromatic rings. The number of rotatable bonds is 8. The summed E-state index contributed by atoms with van der Waals surface area (Å²) in [5, 5.41) is 8.05. The molecule has 0 aliphatic rings. The van der Waals surface area contributed by atoms with Crippen molar-refractivity contribution in [2.75, 3.05) is 0 Å². The van der Waals surface area contributed by atoms with Crippen molar-refractivity contribution in [2.24, 2.45) is 0 Å². The number of Topliss-reactive ketones (excluding diaryl/α,β-unsaturated/α-hetero) is 1. The summed E-state index contributed by atoms with van der Waals surface area (Å²) in [6.07, 6.45) is 0. The second-order valence-electron chi connectivity index (χ2n) is 7.71. The first-order valence-electron chi connectivity index (χ1n) is 10.3. The van der Waals surface area contributed by atoms with Crippen LogP contribution in [0.5, 0.6) is 5.75 Å². The zero-order valence-electron chi connectivity index (χ0n) is 18.2. The summed E-state index contributed by atoms with van der Waals surface area (Å²) in [6, 6.07) is 23.3. The molecule has 0 spiro atoms. The number of carbonyl (C=O) groups is 1. The molecule has 0 amide bonds. The maximum Gasteiger partial charge on any atom is 0.277 e. The molecule has 6 heteroatoms. The Morgan fingerprint density at radius 3 is 2.28 bits per heavy atom. The zero-order valence-corrected chi connectivity index (χ0v) is 19.1. The van der Waals surface area contributed by atoms with Crippen LogP contribution in [-0.2, 0) is 6.61 Å². The van der Waals surface area contributed by atoms with Crippen molar-refractivity contribution in [3.8, 4) is 5.75 Å². The van der Waals surface area contributed by atoms with Crippen molar-refractivity contribution < 1.29 is 13.9 Å². The predicted octanol–water partition coefficient (Wildman–Crippen LogP) is 6.29. The minimum absolute atomic E-state index is 0.00499. The van der Waals surface area contributed by atoms with E-state index in [1.807, 2.05) is 93.6 Å². The van der Waals surface area contributed by atoms with Crippen LogP contribution in [0.15, 0.2) is 82.4 Å². The summed E-state index contributed by atoms with van der Waals surface area (Å²) in [7, 11) is 0. The van der Waals surface area contributed by atoms with Gasteiger partial charge in [-0.05, 0) is 55.8 Å². The molecular weight excluding hydrogens is 420 g/mol. The summed E-state index contributed by atoms with van der Waals surface area (Å²) in [6.45, 7) is 6.19. The monoisotopic (exact) mass is 444 g/mol. The molecule has 1 atom stereocenters. The number of hydrogen-bond acceptors (Lipinski definition) is 6. The molecule has 0 bridgehead atoms. The van der Waals surface area contributed by atoms with Crippen LogP contribution in [0.2, 0.25) is 0 Å². The van der Waals surface area contributed by atoms with Gasteiger partial charge in [-0.25, -0.2) is 0 Å². The summed E-state index contributed by atoms with van der Waals surface area (Å²) >= 11 is 1.25. The molecule has 3 aromatic carbocycles. The van der Waals surface area contributed by atoms with E-state index < -0.39 is 5.25 Å². The lowest BCUT2D eigenvalue weighted by Crippen LogP contribution is -2.10. The fourth-order valence-corrected chi connectivity index (χ4v) is 4.15. The molecular formula is C26H24N2O3S. The van der Waals surface area contributed by atoms with Gasteiger partial charge in [-0.2, -0.15) is 0 Å². The number of aromatic nitrogens is 2. The van der Waals surface area contributed by atoms with Crippen LogP contribution in [0.25, 0.3) is 0 Å². The van der Waals surface area contributed by atoms with Gasteiger partial charge in [0.25, 0.3) is 11.1 Å². The second kappa shape index (κ2) is 9.83. The van der Waals surface area contributed by atoms with Crippen LogP contribution in [0.1, 0.15) is 43.8 Å². The van der Waals surface area contributed by atoms with E-state index in [-0.39, 0.29) is 12.4 Å². The van der Waals surface area contributed by atoms with Gasteiger partial charge in [-0.3, -0.25) is 4.79 Å². The fraction of sp³-hybridized carbons (Fsp3) is 0.192. The van der Waals surface area contributed by atoms with Crippen LogP contribution < -0.4 is 4.74 Å². The second-order valence-corrected chi connectivity index (χ2v) is 8.76. The fourth-order valence-electron chi connectivity index (χ4n) is 3.18. The van der Waals surface area contributed by atoms with E-state index in [0.29, 0.717) is 16.7 Å². The van der Waals surface area contributed by atoms with E-state index in [4.69, 9.17) is 9.15 Å². The molecule has 5 nitrogen and oxygen atoms in total. The van der Waals surface area contributed by atoms with Gasteiger partial charge >= 0.3 is 0 Å². The lowest BCUT2D eigenvalue weighted by atomic mass is 10.0. The Hall–Kier alpha value is -3.38. The first-order chi connectivity index (χ1) is 15.5. The standard InChI is InChI=1S/C26H24N2O3S/c1-17-7-11-20(12-8-17)24(29)25(21-13-9-18(2)10-14-21)32-26-28-27-23(31-26)16-30-22-6-4-5-19(3)15-22/h4-15,25H,16H2,1-3H3. The van der Waals surface area contributed by atoms with Gasteiger partial charge in [0, 0.05) is 5.56 Å². The summed E-state index contributed by atoms with van der Waals surface area (Å²) in [5.74, 6) is 1.10. The third-order valence-corrected chi connectivity index (χ3v) is 6.06. The van der Waals surface area contributed by atoms with Crippen LogP contribution in [0, 0.1) is 20.8 Å². The average molecular weight is 445 g/mol. The lowest BCUT2D eigenvalue weighted by Gasteiger charge is -2.14. The summed E-state index contributed by atoms with van der Waals surface area (Å²) in [5.41, 5.74) is 4.89. The van der Waals surface area contributed by atoms with Crippen molar-refractivity contribution in [1.29, 1.82) is 0 Å². The van der Waals surface area contributed by atoms with Crippen molar-refractivity contribution in [3.63, 3.8) is 0 Å². The molecule has 1 aromatic heterocycles. The predicted molar refractivity (Wildman–Crippen MR) is 125 cm³/mol. The highest BCUT2D eigenvalue weighted by molar-refractivity contribution is 8.00. The summed E-state index contributed by atoms with van der Waals surface area (Å²) < 4.78 is 11.5. The first kappa shape index (κ1) is 21.8. The SMILES string of the molecule is Cc1ccc(C(=O)C(Sc2nnc(COc3cccc(C)c3)o2)c2ccc(C)cc2)cc1. The third-order valence-electron chi connectivity index (χ3n) is 4.97. The van der Waals surface area contributed by atoms with E-state index in [1.54, 1.807) is 0 Å². The summed E-state index contributed by atoms with van der Waals surface area (Å²) in [4.78, 5) is 13.4. The molecule has 0 aliphatic carbocycles. The number of carbonyl (C=O) groups excluding carboxylic acids is 1. The first-order valence-corrected chi connectivity index (χ1v) is 11.2. The Labute approximate surface area is 191 Å². The number of nitrogens with zero attached hydrogens (tertiary/aromatic N) is 2. The molecule has 4 rings (SSSR count). The minimum atomic E-state index is -0.496. The highest BCUT2D eigenvalue weighted by Crippen LogP contribution is 2.37. The van der Waals surface area contributed by atoms with E-state index in [2.05, 4.69) is 10.2 Å². The quantitative estimate of drug-likeness (QED) is 0.235. The third kappa shape index (κ3) is 5.45. The number of hydrogen-bond donors (Lipinski definition) is 0. The molecule has 0 N–H and O–H groups in total. The normalized spacial score (nSPS) is 11.8. The highest BCUT2D eigenvalue weighted by atomic mass is 32.2. The van der Waals surface area contributed by atoms with E-state index in [9.17, 15) is 4.79 Å². The molecule has 0 radical (unpaired) electrons. The topological polar surface area (TPSA) is 65.2 Å². The number of thioether (sulfide) groups is 1. The van der Waals surface area contributed by atoms with Crippen molar-refractivity contribution in [2.45, 2.75) is 37.9 Å². The van der Waals surface area contributed by atoms with Crippen molar-refractivity contribution >= 4 is 17.5 Å². The maximum atomic E-state index is 13.4. The number of ether oxygens (including phenoxy) is 1. The number of aryl methyl sites for hydroxylation is 3. The Balaban J connectivity index is 1.52. The highest BCUT2D eigenvalue weighted by Gasteiger charge is 2.26. The molecule has 0 fully saturated rings. The van der Waals surface area contributed by atoms with Gasteiger partial charge in [0.15, 0.2) is 12.4 Å². The average Bonchev–Trinajstić information content (AvgIpc) is 3.24. The van der Waals surface area contributed by atoms with E-state index in [1.165, 1.54) is 11.8 Å². The Morgan fingerprint density at radius 1 is 0.906 bits per heavy atom.